The number of ether oxygens (including phenoxy) is 2. The Balaban J connectivity index is 1.59. The number of nitrogen functional groups attached to an aromatic ring is 1. The number of nitrogens with two attached hydrogens (primary N) is 1. The van der Waals surface area contributed by atoms with Gasteiger partial charge in [0.25, 0.3) is 0 Å². The number of hydrogen-bond donors (Lipinski definition) is 1. The molecule has 2 N–H and O–H groups in total. The van der Waals surface area contributed by atoms with Gasteiger partial charge in [0.2, 0.25) is 5.88 Å². The van der Waals surface area contributed by atoms with Crippen LogP contribution in [0, 0.1) is 5.92 Å². The molecule has 0 bridgehead atoms. The van der Waals surface area contributed by atoms with Crippen molar-refractivity contribution in [2.24, 2.45) is 10.9 Å². The summed E-state index contributed by atoms with van der Waals surface area (Å²) in [6, 6.07) is 8.03. The van der Waals surface area contributed by atoms with Gasteiger partial charge < -0.3 is 15.2 Å². The number of hydrogen-bond acceptors (Lipinski definition) is 6. The first-order valence-electron chi connectivity index (χ1n) is 9.65. The van der Waals surface area contributed by atoms with E-state index in [-0.39, 0.29) is 0 Å². The highest BCUT2D eigenvalue weighted by molar-refractivity contribution is 6.09. The molecule has 6 heteroatoms. The number of anilines is 1. The molecule has 142 valence electrons. The maximum atomic E-state index is 6.09. The molecule has 2 aliphatic rings. The Morgan fingerprint density at radius 1 is 1.19 bits per heavy atom. The predicted molar refractivity (Wildman–Crippen MR) is 106 cm³/mol. The van der Waals surface area contributed by atoms with Crippen molar-refractivity contribution in [3.8, 4) is 11.6 Å². The van der Waals surface area contributed by atoms with Gasteiger partial charge in [0.1, 0.15) is 17.7 Å². The molecule has 1 aliphatic carbocycles. The van der Waals surface area contributed by atoms with Crippen LogP contribution < -0.4 is 15.2 Å². The summed E-state index contributed by atoms with van der Waals surface area (Å²) in [5.41, 5.74) is 7.57. The average Bonchev–Trinajstić information content (AvgIpc) is 2.66. The van der Waals surface area contributed by atoms with Crippen molar-refractivity contribution in [1.29, 1.82) is 0 Å². The Labute approximate surface area is 159 Å². The topological polar surface area (TPSA) is 82.6 Å². The van der Waals surface area contributed by atoms with Gasteiger partial charge in [-0.25, -0.2) is 9.98 Å². The molecule has 1 fully saturated rings. The number of rotatable bonds is 4. The van der Waals surface area contributed by atoms with Crippen molar-refractivity contribution in [3.63, 3.8) is 0 Å². The Bertz CT molecular complexity index is 857. The van der Waals surface area contributed by atoms with Crippen molar-refractivity contribution >= 4 is 17.2 Å². The van der Waals surface area contributed by atoms with E-state index in [1.54, 1.807) is 0 Å². The summed E-state index contributed by atoms with van der Waals surface area (Å²) in [5, 5.41) is 0. The quantitative estimate of drug-likeness (QED) is 0.872. The molecular formula is C21H26N4O2. The summed E-state index contributed by atoms with van der Waals surface area (Å²) >= 11 is 0. The Morgan fingerprint density at radius 3 is 2.81 bits per heavy atom. The largest absolute Gasteiger partial charge is 0.493 e. The number of aromatic nitrogens is 2. The number of fused-ring (bicyclic) bond motifs is 1. The minimum absolute atomic E-state index is 0.317. The molecule has 2 heterocycles. The minimum Gasteiger partial charge on any atom is -0.493 e. The van der Waals surface area contributed by atoms with Gasteiger partial charge in [-0.15, -0.1) is 0 Å². The zero-order chi connectivity index (χ0) is 18.9. The highest BCUT2D eigenvalue weighted by Gasteiger charge is 2.35. The zero-order valence-electron chi connectivity index (χ0n) is 15.9. The molecule has 0 amide bonds. The monoisotopic (exact) mass is 366 g/mol. The third kappa shape index (κ3) is 3.75. The second-order valence-electron chi connectivity index (χ2n) is 7.83. The van der Waals surface area contributed by atoms with E-state index in [0.717, 1.165) is 23.6 Å². The molecule has 0 atom stereocenters. The van der Waals surface area contributed by atoms with Gasteiger partial charge in [-0.1, -0.05) is 31.4 Å². The lowest BCUT2D eigenvalue weighted by Crippen LogP contribution is -2.41. The number of aliphatic imine (C=N–C) groups is 1. The van der Waals surface area contributed by atoms with Crippen LogP contribution in [0.25, 0.3) is 0 Å². The van der Waals surface area contributed by atoms with Gasteiger partial charge >= 0.3 is 0 Å². The molecule has 0 saturated heterocycles. The highest BCUT2D eigenvalue weighted by Crippen LogP contribution is 2.39. The highest BCUT2D eigenvalue weighted by atomic mass is 16.5. The summed E-state index contributed by atoms with van der Waals surface area (Å²) in [6.07, 6.45) is 7.92. The van der Waals surface area contributed by atoms with Crippen LogP contribution in [0.4, 0.5) is 11.5 Å². The lowest BCUT2D eigenvalue weighted by molar-refractivity contribution is 0.171. The summed E-state index contributed by atoms with van der Waals surface area (Å²) in [5.74, 6) is 2.26. The average molecular weight is 366 g/mol. The molecule has 27 heavy (non-hydrogen) atoms. The Kier molecular flexibility index (Phi) is 4.72. The summed E-state index contributed by atoms with van der Waals surface area (Å²) in [6.45, 7) is 4.73. The number of benzene rings is 1. The molecule has 1 aromatic carbocycles. The first-order valence-corrected chi connectivity index (χ1v) is 9.65. The molecular weight excluding hydrogens is 340 g/mol. The first-order chi connectivity index (χ1) is 13.0. The molecule has 0 radical (unpaired) electrons. The zero-order valence-corrected chi connectivity index (χ0v) is 15.9. The maximum Gasteiger partial charge on any atom is 0.246 e. The predicted octanol–water partition coefficient (Wildman–Crippen LogP) is 4.31. The van der Waals surface area contributed by atoms with Crippen molar-refractivity contribution in [1.82, 2.24) is 9.97 Å². The molecule has 6 nitrogen and oxygen atoms in total. The van der Waals surface area contributed by atoms with E-state index in [2.05, 4.69) is 9.97 Å². The fourth-order valence-electron chi connectivity index (χ4n) is 3.80. The van der Waals surface area contributed by atoms with Gasteiger partial charge in [-0.2, -0.15) is 4.98 Å². The Hall–Kier alpha value is -2.63. The molecule has 0 unspecified atom stereocenters. The van der Waals surface area contributed by atoms with Gasteiger partial charge in [-0.3, -0.25) is 0 Å². The van der Waals surface area contributed by atoms with Crippen molar-refractivity contribution < 1.29 is 9.47 Å². The van der Waals surface area contributed by atoms with Crippen LogP contribution in [0.15, 0.2) is 35.6 Å². The van der Waals surface area contributed by atoms with Crippen molar-refractivity contribution in [2.75, 3.05) is 12.3 Å². The van der Waals surface area contributed by atoms with Gasteiger partial charge in [0.15, 0.2) is 11.5 Å². The van der Waals surface area contributed by atoms with Gasteiger partial charge in [0, 0.05) is 5.56 Å². The fourth-order valence-corrected chi connectivity index (χ4v) is 3.80. The van der Waals surface area contributed by atoms with E-state index >= 15 is 0 Å². The second kappa shape index (κ2) is 7.18. The molecule has 1 aliphatic heterocycles. The van der Waals surface area contributed by atoms with E-state index in [1.165, 1.54) is 38.4 Å². The first kappa shape index (κ1) is 17.8. The van der Waals surface area contributed by atoms with Crippen LogP contribution in [0.1, 0.15) is 51.5 Å². The molecule has 0 spiro atoms. The SMILES string of the molecule is CC1(C)Oc2ncnc(N)c2N=C1c1cccc(OCC2CCCCC2)c1. The van der Waals surface area contributed by atoms with Crippen LogP contribution in [-0.4, -0.2) is 27.9 Å². The number of nitrogens with zero attached hydrogens (tertiary/aromatic N) is 3. The van der Waals surface area contributed by atoms with Crippen LogP contribution in [0.5, 0.6) is 11.6 Å². The van der Waals surface area contributed by atoms with Crippen LogP contribution in [0.3, 0.4) is 0 Å². The van der Waals surface area contributed by atoms with Gasteiger partial charge in [-0.05, 0) is 44.7 Å². The van der Waals surface area contributed by atoms with E-state index < -0.39 is 5.60 Å². The fraction of sp³-hybridized carbons (Fsp3) is 0.476. The van der Waals surface area contributed by atoms with E-state index in [1.807, 2.05) is 38.1 Å². The lowest BCUT2D eigenvalue weighted by Gasteiger charge is -2.32. The molecule has 1 aromatic heterocycles. The smallest absolute Gasteiger partial charge is 0.246 e. The standard InChI is InChI=1S/C21H26N4O2/c1-21(2)18(25-17-19(22)23-13-24-20(17)27-21)15-9-6-10-16(11-15)26-12-14-7-4-3-5-8-14/h6,9-11,13-14H,3-5,7-8,12H2,1-2H3,(H2,22,23,24). The van der Waals surface area contributed by atoms with Gasteiger partial charge in [0.05, 0.1) is 12.3 Å². The van der Waals surface area contributed by atoms with Crippen LogP contribution in [0.2, 0.25) is 0 Å². The second-order valence-corrected chi connectivity index (χ2v) is 7.83. The van der Waals surface area contributed by atoms with Crippen LogP contribution in [-0.2, 0) is 0 Å². The summed E-state index contributed by atoms with van der Waals surface area (Å²) < 4.78 is 12.2. The molecule has 2 aromatic rings. The summed E-state index contributed by atoms with van der Waals surface area (Å²) in [7, 11) is 0. The van der Waals surface area contributed by atoms with Crippen LogP contribution >= 0.6 is 0 Å². The minimum atomic E-state index is -0.629. The van der Waals surface area contributed by atoms with E-state index in [0.29, 0.717) is 23.3 Å². The van der Waals surface area contributed by atoms with Crippen molar-refractivity contribution in [3.05, 3.63) is 36.2 Å². The summed E-state index contributed by atoms with van der Waals surface area (Å²) in [4.78, 5) is 12.9. The molecule has 4 rings (SSSR count). The Morgan fingerprint density at radius 2 is 2.00 bits per heavy atom. The third-order valence-corrected chi connectivity index (χ3v) is 5.28. The van der Waals surface area contributed by atoms with E-state index in [4.69, 9.17) is 20.2 Å². The maximum absolute atomic E-state index is 6.09. The molecule has 1 saturated carbocycles. The third-order valence-electron chi connectivity index (χ3n) is 5.28. The van der Waals surface area contributed by atoms with Crippen molar-refractivity contribution in [2.45, 2.75) is 51.6 Å². The lowest BCUT2D eigenvalue weighted by atomic mass is 9.90. The van der Waals surface area contributed by atoms with E-state index in [9.17, 15) is 0 Å². The normalized spacial score (nSPS) is 19.0.